The van der Waals surface area contributed by atoms with Gasteiger partial charge in [-0.1, -0.05) is 6.07 Å². The summed E-state index contributed by atoms with van der Waals surface area (Å²) in [7, 11) is 0. The Balaban J connectivity index is 1.57. The molecule has 1 aliphatic heterocycles. The third kappa shape index (κ3) is 5.07. The number of nitrogens with zero attached hydrogens (tertiary/aromatic N) is 4. The maximum atomic E-state index is 11.8. The van der Waals surface area contributed by atoms with Gasteiger partial charge in [0.15, 0.2) is 0 Å². The van der Waals surface area contributed by atoms with E-state index in [1.165, 1.54) is 0 Å². The fourth-order valence-electron chi connectivity index (χ4n) is 2.93. The third-order valence-corrected chi connectivity index (χ3v) is 4.28. The SMILES string of the molecule is CCOC(=O)N1CCC(Nc2ccnc(Nc3cccc(C#N)c3)n2)CC1. The lowest BCUT2D eigenvalue weighted by Crippen LogP contribution is -2.42. The van der Waals surface area contributed by atoms with Crippen LogP contribution < -0.4 is 10.6 Å². The molecule has 0 atom stereocenters. The summed E-state index contributed by atoms with van der Waals surface area (Å²) >= 11 is 0. The summed E-state index contributed by atoms with van der Waals surface area (Å²) < 4.78 is 5.04. The molecule has 1 saturated heterocycles. The van der Waals surface area contributed by atoms with Crippen molar-refractivity contribution in [3.8, 4) is 6.07 Å². The highest BCUT2D eigenvalue weighted by molar-refractivity contribution is 5.67. The molecule has 0 spiro atoms. The van der Waals surface area contributed by atoms with Crippen LogP contribution in [0.2, 0.25) is 0 Å². The molecule has 1 aromatic heterocycles. The number of piperidine rings is 1. The van der Waals surface area contributed by atoms with Crippen molar-refractivity contribution in [1.82, 2.24) is 14.9 Å². The second-order valence-corrected chi connectivity index (χ2v) is 6.19. The average molecular weight is 366 g/mol. The standard InChI is InChI=1S/C19H22N6O2/c1-2-27-19(26)25-10-7-15(8-11-25)22-17-6-9-21-18(24-17)23-16-5-3-4-14(12-16)13-20/h3-6,9,12,15H,2,7-8,10-11H2,1H3,(H2,21,22,23,24). The summed E-state index contributed by atoms with van der Waals surface area (Å²) in [5.74, 6) is 1.18. The molecule has 2 N–H and O–H groups in total. The van der Waals surface area contributed by atoms with E-state index in [-0.39, 0.29) is 12.1 Å². The Kier molecular flexibility index (Phi) is 6.05. The number of carbonyl (C=O) groups is 1. The number of anilines is 3. The van der Waals surface area contributed by atoms with Crippen LogP contribution in [0.25, 0.3) is 0 Å². The van der Waals surface area contributed by atoms with Crippen LogP contribution >= 0.6 is 0 Å². The average Bonchev–Trinajstić information content (AvgIpc) is 2.69. The molecule has 27 heavy (non-hydrogen) atoms. The highest BCUT2D eigenvalue weighted by atomic mass is 16.6. The van der Waals surface area contributed by atoms with Crippen molar-refractivity contribution >= 4 is 23.5 Å². The van der Waals surface area contributed by atoms with Gasteiger partial charge in [-0.15, -0.1) is 0 Å². The first-order chi connectivity index (χ1) is 13.2. The van der Waals surface area contributed by atoms with Gasteiger partial charge in [0, 0.05) is 31.0 Å². The number of likely N-dealkylation sites (tertiary alicyclic amines) is 1. The number of hydrogen-bond donors (Lipinski definition) is 2. The predicted molar refractivity (Wildman–Crippen MR) is 102 cm³/mol. The molecule has 1 aromatic carbocycles. The largest absolute Gasteiger partial charge is 0.450 e. The van der Waals surface area contributed by atoms with Crippen molar-refractivity contribution in [2.24, 2.45) is 0 Å². The van der Waals surface area contributed by atoms with Crippen LogP contribution in [0.4, 0.5) is 22.2 Å². The normalized spacial score (nSPS) is 14.3. The van der Waals surface area contributed by atoms with Gasteiger partial charge in [-0.3, -0.25) is 0 Å². The molecule has 2 heterocycles. The first kappa shape index (κ1) is 18.5. The number of nitriles is 1. The number of ether oxygens (including phenoxy) is 1. The van der Waals surface area contributed by atoms with Crippen molar-refractivity contribution in [3.63, 3.8) is 0 Å². The number of aromatic nitrogens is 2. The van der Waals surface area contributed by atoms with Gasteiger partial charge < -0.3 is 20.3 Å². The predicted octanol–water partition coefficient (Wildman–Crippen LogP) is 3.12. The Bertz CT molecular complexity index is 827. The van der Waals surface area contributed by atoms with Crippen LogP contribution in [0.1, 0.15) is 25.3 Å². The first-order valence-corrected chi connectivity index (χ1v) is 8.96. The summed E-state index contributed by atoms with van der Waals surface area (Å²) in [6.07, 6.45) is 3.09. The van der Waals surface area contributed by atoms with E-state index < -0.39 is 0 Å². The van der Waals surface area contributed by atoms with Crippen LogP contribution in [0.5, 0.6) is 0 Å². The molecule has 140 valence electrons. The highest BCUT2D eigenvalue weighted by Crippen LogP contribution is 2.18. The van der Waals surface area contributed by atoms with Crippen molar-refractivity contribution in [2.75, 3.05) is 30.3 Å². The lowest BCUT2D eigenvalue weighted by atomic mass is 10.1. The van der Waals surface area contributed by atoms with Gasteiger partial charge in [0.1, 0.15) is 5.82 Å². The summed E-state index contributed by atoms with van der Waals surface area (Å²) in [4.78, 5) is 22.2. The van der Waals surface area contributed by atoms with E-state index in [2.05, 4.69) is 26.7 Å². The molecule has 3 rings (SSSR count). The van der Waals surface area contributed by atoms with Gasteiger partial charge in [0.05, 0.1) is 18.2 Å². The van der Waals surface area contributed by atoms with Gasteiger partial charge >= 0.3 is 6.09 Å². The number of nitrogens with one attached hydrogen (secondary N) is 2. The van der Waals surface area contributed by atoms with Crippen LogP contribution in [-0.4, -0.2) is 46.7 Å². The maximum absolute atomic E-state index is 11.8. The number of hydrogen-bond acceptors (Lipinski definition) is 7. The molecule has 0 radical (unpaired) electrons. The number of carbonyl (C=O) groups excluding carboxylic acids is 1. The van der Waals surface area contributed by atoms with Crippen LogP contribution in [0.3, 0.4) is 0 Å². The van der Waals surface area contributed by atoms with E-state index >= 15 is 0 Å². The lowest BCUT2D eigenvalue weighted by molar-refractivity contribution is 0.0983. The third-order valence-electron chi connectivity index (χ3n) is 4.28. The fraction of sp³-hybridized carbons (Fsp3) is 0.368. The zero-order valence-corrected chi connectivity index (χ0v) is 15.2. The molecule has 2 aromatic rings. The molecule has 1 fully saturated rings. The molecule has 8 heteroatoms. The maximum Gasteiger partial charge on any atom is 0.409 e. The van der Waals surface area contributed by atoms with Crippen LogP contribution in [0, 0.1) is 11.3 Å². The molecule has 8 nitrogen and oxygen atoms in total. The summed E-state index contributed by atoms with van der Waals surface area (Å²) in [6, 6.07) is 11.3. The Hall–Kier alpha value is -3.34. The topological polar surface area (TPSA) is 103 Å². The Morgan fingerprint density at radius 3 is 2.93 bits per heavy atom. The van der Waals surface area contributed by atoms with Gasteiger partial charge in [-0.25, -0.2) is 9.78 Å². The van der Waals surface area contributed by atoms with E-state index in [0.29, 0.717) is 31.2 Å². The first-order valence-electron chi connectivity index (χ1n) is 8.96. The Morgan fingerprint density at radius 1 is 1.37 bits per heavy atom. The molecule has 0 unspecified atom stereocenters. The minimum atomic E-state index is -0.246. The molecule has 0 aliphatic carbocycles. The van der Waals surface area contributed by atoms with Gasteiger partial charge in [-0.2, -0.15) is 10.2 Å². The van der Waals surface area contributed by atoms with Gasteiger partial charge in [-0.05, 0) is 44.0 Å². The Labute approximate surface area is 158 Å². The van der Waals surface area contributed by atoms with Crippen molar-refractivity contribution in [3.05, 3.63) is 42.1 Å². The van der Waals surface area contributed by atoms with Gasteiger partial charge in [0.25, 0.3) is 0 Å². The molecule has 0 bridgehead atoms. The van der Waals surface area contributed by atoms with Crippen molar-refractivity contribution in [1.29, 1.82) is 5.26 Å². The van der Waals surface area contributed by atoms with Gasteiger partial charge in [0.2, 0.25) is 5.95 Å². The second-order valence-electron chi connectivity index (χ2n) is 6.19. The van der Waals surface area contributed by atoms with E-state index in [4.69, 9.17) is 10.00 Å². The summed E-state index contributed by atoms with van der Waals surface area (Å²) in [5.41, 5.74) is 1.33. The monoisotopic (exact) mass is 366 g/mol. The number of rotatable bonds is 5. The number of benzene rings is 1. The van der Waals surface area contributed by atoms with E-state index in [9.17, 15) is 4.79 Å². The zero-order valence-electron chi connectivity index (χ0n) is 15.2. The smallest absolute Gasteiger partial charge is 0.409 e. The van der Waals surface area contributed by atoms with Crippen LogP contribution in [-0.2, 0) is 4.74 Å². The molecule has 0 saturated carbocycles. The Morgan fingerprint density at radius 2 is 2.19 bits per heavy atom. The van der Waals surface area contributed by atoms with E-state index in [1.54, 1.807) is 29.3 Å². The zero-order chi connectivity index (χ0) is 19.1. The molecule has 1 amide bonds. The van der Waals surface area contributed by atoms with Crippen LogP contribution in [0.15, 0.2) is 36.5 Å². The van der Waals surface area contributed by atoms with Crippen molar-refractivity contribution < 1.29 is 9.53 Å². The highest BCUT2D eigenvalue weighted by Gasteiger charge is 2.23. The minimum Gasteiger partial charge on any atom is -0.450 e. The molecular formula is C19H22N6O2. The minimum absolute atomic E-state index is 0.236. The molecule has 1 aliphatic rings. The van der Waals surface area contributed by atoms with Crippen molar-refractivity contribution in [2.45, 2.75) is 25.8 Å². The number of amides is 1. The van der Waals surface area contributed by atoms with E-state index in [1.807, 2.05) is 19.1 Å². The summed E-state index contributed by atoms with van der Waals surface area (Å²) in [6.45, 7) is 3.52. The second kappa shape index (κ2) is 8.85. The fourth-order valence-corrected chi connectivity index (χ4v) is 2.93. The van der Waals surface area contributed by atoms with E-state index in [0.717, 1.165) is 24.3 Å². The molecular weight excluding hydrogens is 344 g/mol. The lowest BCUT2D eigenvalue weighted by Gasteiger charge is -2.31. The quantitative estimate of drug-likeness (QED) is 0.838. The summed E-state index contributed by atoms with van der Waals surface area (Å²) in [5, 5.41) is 15.5.